The van der Waals surface area contributed by atoms with Gasteiger partial charge in [0.25, 0.3) is 0 Å². The van der Waals surface area contributed by atoms with Gasteiger partial charge >= 0.3 is 46.4 Å². The van der Waals surface area contributed by atoms with Crippen LogP contribution in [-0.4, -0.2) is 17.4 Å². The van der Waals surface area contributed by atoms with Crippen LogP contribution in [0.25, 0.3) is 0 Å². The average Bonchev–Trinajstić information content (AvgIpc) is 1.00. The zero-order valence-corrected chi connectivity index (χ0v) is 8.57. The van der Waals surface area contributed by atoms with Crippen LogP contribution in [0.1, 0.15) is 1.43 Å². The Kier molecular flexibility index (Phi) is 137. The molecule has 0 spiro atoms. The summed E-state index contributed by atoms with van der Waals surface area (Å²) in [6.45, 7) is 0. The van der Waals surface area contributed by atoms with Crippen LogP contribution in [-0.2, 0) is 27.5 Å². The van der Waals surface area contributed by atoms with Gasteiger partial charge in [-0.25, -0.2) is 0 Å². The van der Waals surface area contributed by atoms with E-state index < -0.39 is 0 Å². The first kappa shape index (κ1) is 24.5. The second kappa shape index (κ2) is 28.0. The van der Waals surface area contributed by atoms with Gasteiger partial charge in [0.05, 0.1) is 0 Å². The van der Waals surface area contributed by atoms with E-state index in [0.717, 1.165) is 0 Å². The maximum absolute atomic E-state index is 8.34. The summed E-state index contributed by atoms with van der Waals surface area (Å²) in [6.07, 6.45) is 0. The fourth-order valence-corrected chi connectivity index (χ4v) is 0. The van der Waals surface area contributed by atoms with E-state index in [1.165, 1.54) is 0 Å². The Labute approximate surface area is 98.7 Å². The molecule has 0 saturated heterocycles. The molecule has 0 aromatic carbocycles. The van der Waals surface area contributed by atoms with Crippen molar-refractivity contribution in [2.24, 2.45) is 0 Å². The first-order chi connectivity index (χ1) is 1.00. The van der Waals surface area contributed by atoms with Crippen molar-refractivity contribution in [3.8, 4) is 0 Å². The second-order valence-electron chi connectivity index (χ2n) is 0. The third-order valence-corrected chi connectivity index (χ3v) is 0. The summed E-state index contributed by atoms with van der Waals surface area (Å²) in [5.74, 6) is 0. The van der Waals surface area contributed by atoms with Gasteiger partial charge in [0.2, 0.25) is 0 Å². The van der Waals surface area contributed by atoms with Crippen LogP contribution in [0.15, 0.2) is 0 Å². The molecule has 0 aromatic heterocycles. The van der Waals surface area contributed by atoms with Crippen LogP contribution in [0, 0.1) is 35.6 Å². The van der Waals surface area contributed by atoms with Gasteiger partial charge in [-0.05, 0) is 0 Å². The van der Waals surface area contributed by atoms with Crippen LogP contribution >= 0.6 is 0 Å². The van der Waals surface area contributed by atoms with E-state index in [0.29, 0.717) is 24.7 Å². The summed E-state index contributed by atoms with van der Waals surface area (Å²) in [5.41, 5.74) is 0. The number of hydrogen-bond acceptors (Lipinski definition) is 1. The van der Waals surface area contributed by atoms with Crippen molar-refractivity contribution < 1.29 is 83.4 Å². The van der Waals surface area contributed by atoms with Crippen LogP contribution in [0.3, 0.4) is 0 Å². The topological polar surface area (TPSA) is 17.1 Å². The zero-order valence-electron chi connectivity index (χ0n) is 3.49. The fourth-order valence-electron chi connectivity index (χ4n) is 0. The summed E-state index contributed by atoms with van der Waals surface area (Å²) < 4.78 is 8.34. The van der Waals surface area contributed by atoms with Crippen LogP contribution in [0.2, 0.25) is 0 Å². The van der Waals surface area contributed by atoms with Gasteiger partial charge in [-0.1, -0.05) is 0 Å². The standard InChI is InChI=1S/Al.La.Li.O.Zr.4H/q;;+1;;;;;;-1. The molecular formula is H4AlLaLiOZr. The van der Waals surface area contributed by atoms with Crippen molar-refractivity contribution in [3.63, 3.8) is 0 Å². The molecule has 0 heterocycles. The van der Waals surface area contributed by atoms with E-state index in [-0.39, 0.29) is 73.2 Å². The van der Waals surface area contributed by atoms with E-state index >= 15 is 0 Å². The van der Waals surface area contributed by atoms with Crippen LogP contribution < -0.4 is 18.9 Å². The van der Waals surface area contributed by atoms with Crippen molar-refractivity contribution >= 4 is 17.4 Å². The molecule has 0 saturated carbocycles. The van der Waals surface area contributed by atoms with Crippen molar-refractivity contribution in [2.75, 3.05) is 0 Å². The van der Waals surface area contributed by atoms with E-state index in [4.69, 9.17) is 2.81 Å². The van der Waals surface area contributed by atoms with Gasteiger partial charge < -0.3 is 1.43 Å². The molecule has 0 aliphatic rings. The van der Waals surface area contributed by atoms with Gasteiger partial charge in [-0.3, -0.25) is 0 Å². The predicted octanol–water partition coefficient (Wildman–Crippen LogP) is -4.19. The van der Waals surface area contributed by atoms with E-state index in [1.807, 2.05) is 0 Å². The fraction of sp³-hybridized carbons (Fsp3) is 0. The summed E-state index contributed by atoms with van der Waals surface area (Å²) >= 11 is 0.300. The molecule has 5 heteroatoms. The zero-order chi connectivity index (χ0) is 2.00. The Morgan fingerprint density at radius 1 is 1.40 bits per heavy atom. The number of hydrogen-bond donors (Lipinski definition) is 0. The summed E-state index contributed by atoms with van der Waals surface area (Å²) in [7, 11) is 0. The molecule has 1 nitrogen and oxygen atoms in total. The van der Waals surface area contributed by atoms with Crippen molar-refractivity contribution in [1.29, 1.82) is 0 Å². The molecule has 0 aliphatic heterocycles. The third-order valence-electron chi connectivity index (χ3n) is 0. The Hall–Kier alpha value is 3.01. The third kappa shape index (κ3) is 19.4. The Morgan fingerprint density at radius 3 is 1.40 bits per heavy atom. The molecular weight excluding hydrogens is 280 g/mol. The monoisotopic (exact) mass is 283 g/mol. The molecule has 0 bridgehead atoms. The van der Waals surface area contributed by atoms with Gasteiger partial charge in [0, 0.05) is 35.6 Å². The minimum absolute atomic E-state index is 0. The first-order valence-corrected chi connectivity index (χ1v) is 1.21. The summed E-state index contributed by atoms with van der Waals surface area (Å²) in [5, 5.41) is 0. The van der Waals surface area contributed by atoms with E-state index in [1.54, 1.807) is 0 Å². The molecule has 1 radical (unpaired) electrons. The molecule has 0 aromatic rings. The van der Waals surface area contributed by atoms with E-state index in [9.17, 15) is 0 Å². The molecule has 0 atom stereocenters. The van der Waals surface area contributed by atoms with Crippen LogP contribution in [0.4, 0.5) is 0 Å². The van der Waals surface area contributed by atoms with Gasteiger partial charge in [-0.15, -0.1) is 0 Å². The van der Waals surface area contributed by atoms with Crippen molar-refractivity contribution in [1.82, 2.24) is 0 Å². The molecule has 0 amide bonds. The molecule has 0 unspecified atom stereocenters. The minimum atomic E-state index is 0. The van der Waals surface area contributed by atoms with Crippen molar-refractivity contribution in [3.05, 3.63) is 0 Å². The van der Waals surface area contributed by atoms with E-state index in [2.05, 4.69) is 0 Å². The molecule has 0 N–H and O–H groups in total. The molecule has 0 rings (SSSR count). The van der Waals surface area contributed by atoms with Crippen molar-refractivity contribution in [2.45, 2.75) is 0 Å². The number of rotatable bonds is 0. The Morgan fingerprint density at radius 2 is 1.40 bits per heavy atom. The van der Waals surface area contributed by atoms with Gasteiger partial charge in [-0.2, -0.15) is 0 Å². The quantitative estimate of drug-likeness (QED) is 0.412. The molecule has 5 heavy (non-hydrogen) atoms. The summed E-state index contributed by atoms with van der Waals surface area (Å²) in [4.78, 5) is 0. The van der Waals surface area contributed by atoms with Gasteiger partial charge in [0.1, 0.15) is 0 Å². The van der Waals surface area contributed by atoms with Crippen LogP contribution in [0.5, 0.6) is 0 Å². The second-order valence-corrected chi connectivity index (χ2v) is 0. The average molecular weight is 284 g/mol. The SMILES string of the molecule is [AlH3].[H-].[La].[Li+].[O]=[Zr]. The molecule has 0 fully saturated rings. The first-order valence-electron chi connectivity index (χ1n) is 0.204. The Bertz CT molecular complexity index is 15.5. The Balaban J connectivity index is -0.000000000833. The molecule has 21 valence electrons. The normalized spacial score (nSPS) is 0.600. The maximum atomic E-state index is 8.34. The summed E-state index contributed by atoms with van der Waals surface area (Å²) in [6, 6.07) is 0. The predicted molar refractivity (Wildman–Crippen MR) is 11.7 cm³/mol. The molecule has 0 aliphatic carbocycles. The van der Waals surface area contributed by atoms with Gasteiger partial charge in [0.15, 0.2) is 17.4 Å².